The van der Waals surface area contributed by atoms with Crippen molar-refractivity contribution in [2.24, 2.45) is 5.92 Å². The Morgan fingerprint density at radius 1 is 1.00 bits per heavy atom. The van der Waals surface area contributed by atoms with E-state index in [1.54, 1.807) is 0 Å². The van der Waals surface area contributed by atoms with Crippen LogP contribution in [-0.2, 0) is 4.79 Å². The molecule has 2 saturated heterocycles. The van der Waals surface area contributed by atoms with Crippen molar-refractivity contribution in [3.63, 3.8) is 0 Å². The van der Waals surface area contributed by atoms with Crippen LogP contribution in [0.5, 0.6) is 0 Å². The highest BCUT2D eigenvalue weighted by atomic mass is 16.3. The van der Waals surface area contributed by atoms with Crippen molar-refractivity contribution >= 4 is 11.9 Å². The molecule has 6 nitrogen and oxygen atoms in total. The predicted molar refractivity (Wildman–Crippen MR) is 94.0 cm³/mol. The zero-order valence-corrected chi connectivity index (χ0v) is 15.1. The summed E-state index contributed by atoms with van der Waals surface area (Å²) in [6.45, 7) is 2.23. The molecule has 4 fully saturated rings. The quantitative estimate of drug-likeness (QED) is 0.760. The SMILES string of the molecule is O=C1NC2(CCCC2)C(=O)N1CCN1CCC[C@@H]1[C@@H]1CCCC[C@H]1O. The number of imide groups is 1. The first-order valence-electron chi connectivity index (χ1n) is 10.2. The van der Waals surface area contributed by atoms with Crippen molar-refractivity contribution in [3.8, 4) is 0 Å². The fourth-order valence-corrected chi connectivity index (χ4v) is 5.63. The normalized spacial score (nSPS) is 35.7. The van der Waals surface area contributed by atoms with E-state index < -0.39 is 5.54 Å². The van der Waals surface area contributed by atoms with E-state index in [1.807, 2.05) is 0 Å². The lowest BCUT2D eigenvalue weighted by molar-refractivity contribution is -0.131. The number of nitrogens with one attached hydrogen (secondary N) is 1. The predicted octanol–water partition coefficient (Wildman–Crippen LogP) is 1.87. The molecule has 25 heavy (non-hydrogen) atoms. The summed E-state index contributed by atoms with van der Waals surface area (Å²) in [7, 11) is 0. The summed E-state index contributed by atoms with van der Waals surface area (Å²) in [4.78, 5) is 28.9. The first-order chi connectivity index (χ1) is 12.1. The van der Waals surface area contributed by atoms with Crippen molar-refractivity contribution in [1.82, 2.24) is 15.1 Å². The van der Waals surface area contributed by atoms with Gasteiger partial charge in [0.25, 0.3) is 5.91 Å². The Morgan fingerprint density at radius 3 is 2.52 bits per heavy atom. The van der Waals surface area contributed by atoms with Crippen LogP contribution < -0.4 is 5.32 Å². The van der Waals surface area contributed by atoms with Gasteiger partial charge < -0.3 is 10.4 Å². The van der Waals surface area contributed by atoms with Gasteiger partial charge in [0.15, 0.2) is 0 Å². The number of amides is 3. The second-order valence-corrected chi connectivity index (χ2v) is 8.44. The smallest absolute Gasteiger partial charge is 0.325 e. The highest BCUT2D eigenvalue weighted by molar-refractivity contribution is 6.07. The summed E-state index contributed by atoms with van der Waals surface area (Å²) < 4.78 is 0. The van der Waals surface area contributed by atoms with Crippen LogP contribution in [0.25, 0.3) is 0 Å². The van der Waals surface area contributed by atoms with Crippen LogP contribution in [0.3, 0.4) is 0 Å². The first-order valence-corrected chi connectivity index (χ1v) is 10.2. The van der Waals surface area contributed by atoms with Crippen LogP contribution in [0, 0.1) is 5.92 Å². The number of nitrogens with zero attached hydrogens (tertiary/aromatic N) is 2. The van der Waals surface area contributed by atoms with E-state index in [4.69, 9.17) is 0 Å². The number of likely N-dealkylation sites (tertiary alicyclic amines) is 1. The van der Waals surface area contributed by atoms with Crippen LogP contribution >= 0.6 is 0 Å². The lowest BCUT2D eigenvalue weighted by atomic mass is 9.80. The number of aliphatic hydroxyl groups is 1. The van der Waals surface area contributed by atoms with Crippen molar-refractivity contribution in [2.45, 2.75) is 81.9 Å². The van der Waals surface area contributed by atoms with Gasteiger partial charge in [-0.05, 0) is 45.1 Å². The van der Waals surface area contributed by atoms with Crippen LogP contribution in [-0.4, -0.2) is 64.2 Å². The Balaban J connectivity index is 1.37. The Bertz CT molecular complexity index is 532. The van der Waals surface area contributed by atoms with E-state index >= 15 is 0 Å². The number of aliphatic hydroxyl groups excluding tert-OH is 1. The molecule has 0 unspecified atom stereocenters. The fourth-order valence-electron chi connectivity index (χ4n) is 5.63. The number of rotatable bonds is 4. The van der Waals surface area contributed by atoms with Gasteiger partial charge in [-0.3, -0.25) is 14.6 Å². The topological polar surface area (TPSA) is 72.9 Å². The highest BCUT2D eigenvalue weighted by Crippen LogP contribution is 2.36. The molecule has 3 atom stereocenters. The summed E-state index contributed by atoms with van der Waals surface area (Å²) in [5.74, 6) is 0.351. The zero-order chi connectivity index (χ0) is 17.4. The van der Waals surface area contributed by atoms with E-state index in [0.29, 0.717) is 18.5 Å². The van der Waals surface area contributed by atoms with E-state index in [-0.39, 0.29) is 18.0 Å². The number of carbonyl (C=O) groups is 2. The fraction of sp³-hybridized carbons (Fsp3) is 0.895. The van der Waals surface area contributed by atoms with E-state index in [2.05, 4.69) is 10.2 Å². The van der Waals surface area contributed by atoms with Gasteiger partial charge in [0.2, 0.25) is 0 Å². The molecule has 3 amide bonds. The molecule has 1 spiro atoms. The van der Waals surface area contributed by atoms with Crippen molar-refractivity contribution in [1.29, 1.82) is 0 Å². The molecule has 140 valence electrons. The molecule has 2 N–H and O–H groups in total. The molecule has 0 aromatic carbocycles. The maximum atomic E-state index is 12.8. The second kappa shape index (κ2) is 6.88. The minimum absolute atomic E-state index is 0.0107. The summed E-state index contributed by atoms with van der Waals surface area (Å²) in [6.07, 6.45) is 10.1. The summed E-state index contributed by atoms with van der Waals surface area (Å²) in [5.41, 5.74) is -0.596. The number of hydrogen-bond acceptors (Lipinski definition) is 4. The standard InChI is InChI=1S/C19H31N3O3/c23-16-8-2-1-6-14(16)15-7-5-11-21(15)12-13-22-17(24)19(20-18(22)25)9-3-4-10-19/h14-16,23H,1-13H2,(H,20,25)/t14-,15+,16+/m0/s1. The first kappa shape index (κ1) is 17.3. The van der Waals surface area contributed by atoms with E-state index in [1.165, 1.54) is 11.3 Å². The molecule has 4 rings (SSSR count). The van der Waals surface area contributed by atoms with Gasteiger partial charge in [-0.25, -0.2) is 4.79 Å². The van der Waals surface area contributed by atoms with Crippen molar-refractivity contribution in [3.05, 3.63) is 0 Å². The summed E-state index contributed by atoms with van der Waals surface area (Å²) in [6, 6.07) is 0.205. The molecular weight excluding hydrogens is 318 g/mol. The highest BCUT2D eigenvalue weighted by Gasteiger charge is 2.52. The van der Waals surface area contributed by atoms with Gasteiger partial charge >= 0.3 is 6.03 Å². The Labute approximate surface area is 149 Å². The maximum Gasteiger partial charge on any atom is 0.325 e. The van der Waals surface area contributed by atoms with Gasteiger partial charge in [0.1, 0.15) is 5.54 Å². The van der Waals surface area contributed by atoms with Gasteiger partial charge in [0, 0.05) is 25.0 Å². The molecule has 2 heterocycles. The van der Waals surface area contributed by atoms with Crippen LogP contribution in [0.2, 0.25) is 0 Å². The minimum Gasteiger partial charge on any atom is -0.393 e. The maximum absolute atomic E-state index is 12.8. The van der Waals surface area contributed by atoms with Crippen LogP contribution in [0.15, 0.2) is 0 Å². The Kier molecular flexibility index (Phi) is 4.75. The summed E-state index contributed by atoms with van der Waals surface area (Å²) >= 11 is 0. The molecule has 6 heteroatoms. The monoisotopic (exact) mass is 349 g/mol. The van der Waals surface area contributed by atoms with Gasteiger partial charge in [-0.1, -0.05) is 25.7 Å². The largest absolute Gasteiger partial charge is 0.393 e. The van der Waals surface area contributed by atoms with Crippen molar-refractivity contribution in [2.75, 3.05) is 19.6 Å². The summed E-state index contributed by atoms with van der Waals surface area (Å²) in [5, 5.41) is 13.4. The second-order valence-electron chi connectivity index (χ2n) is 8.44. The molecule has 0 bridgehead atoms. The van der Waals surface area contributed by atoms with Crippen molar-refractivity contribution < 1.29 is 14.7 Å². The average molecular weight is 349 g/mol. The molecule has 4 aliphatic rings. The zero-order valence-electron chi connectivity index (χ0n) is 15.1. The van der Waals surface area contributed by atoms with Gasteiger partial charge in [-0.15, -0.1) is 0 Å². The molecule has 2 saturated carbocycles. The van der Waals surface area contributed by atoms with Crippen LogP contribution in [0.4, 0.5) is 4.79 Å². The molecule has 0 aromatic heterocycles. The van der Waals surface area contributed by atoms with Gasteiger partial charge in [-0.2, -0.15) is 0 Å². The third-order valence-electron chi connectivity index (χ3n) is 7.00. The number of carbonyl (C=O) groups excluding carboxylic acids is 2. The average Bonchev–Trinajstić information content (AvgIpc) is 3.29. The molecule has 0 aromatic rings. The Morgan fingerprint density at radius 2 is 1.76 bits per heavy atom. The Hall–Kier alpha value is -1.14. The third-order valence-corrected chi connectivity index (χ3v) is 7.00. The van der Waals surface area contributed by atoms with E-state index in [0.717, 1.165) is 70.9 Å². The third kappa shape index (κ3) is 3.08. The molecule has 2 aliphatic carbocycles. The van der Waals surface area contributed by atoms with Crippen LogP contribution in [0.1, 0.15) is 64.2 Å². The van der Waals surface area contributed by atoms with Gasteiger partial charge in [0.05, 0.1) is 6.10 Å². The van der Waals surface area contributed by atoms with E-state index in [9.17, 15) is 14.7 Å². The molecule has 0 radical (unpaired) electrons. The lowest BCUT2D eigenvalue weighted by Gasteiger charge is -2.37. The number of hydrogen-bond donors (Lipinski definition) is 2. The minimum atomic E-state index is -0.596. The number of urea groups is 1. The molecule has 2 aliphatic heterocycles. The lowest BCUT2D eigenvalue weighted by Crippen LogP contribution is -2.47. The molecular formula is C19H31N3O3.